The van der Waals surface area contributed by atoms with Crippen molar-refractivity contribution in [2.75, 3.05) is 0 Å². The molecule has 0 spiro atoms. The Morgan fingerprint density at radius 2 is 1.63 bits per heavy atom. The van der Waals surface area contributed by atoms with Gasteiger partial charge in [0.1, 0.15) is 5.69 Å². The molecule has 0 fully saturated rings. The van der Waals surface area contributed by atoms with Crippen molar-refractivity contribution in [2.24, 2.45) is 7.05 Å². The van der Waals surface area contributed by atoms with Crippen molar-refractivity contribution < 1.29 is 0 Å². The molecule has 0 aliphatic heterocycles. The molecule has 108 valence electrons. The van der Waals surface area contributed by atoms with Crippen LogP contribution in [0.3, 0.4) is 0 Å². The summed E-state index contributed by atoms with van der Waals surface area (Å²) in [5.74, 6) is 0. The minimum Gasteiger partial charge on any atom is -0.315 e. The van der Waals surface area contributed by atoms with E-state index in [1.54, 1.807) is 18.5 Å². The number of unbranched alkanes of at least 4 members (excludes halogenated alkanes) is 7. The van der Waals surface area contributed by atoms with Crippen molar-refractivity contribution in [2.45, 2.75) is 71.6 Å². The molecule has 19 heavy (non-hydrogen) atoms. The van der Waals surface area contributed by atoms with Gasteiger partial charge in [0.05, 0.1) is 5.69 Å². The smallest absolute Gasteiger partial charge is 0.271 e. The Hall–Kier alpha value is -1.12. The van der Waals surface area contributed by atoms with Gasteiger partial charge in [0.15, 0.2) is 0 Å². The van der Waals surface area contributed by atoms with E-state index < -0.39 is 0 Å². The van der Waals surface area contributed by atoms with Crippen molar-refractivity contribution in [3.05, 3.63) is 27.9 Å². The van der Waals surface area contributed by atoms with Crippen LogP contribution in [-0.2, 0) is 13.5 Å². The summed E-state index contributed by atoms with van der Waals surface area (Å²) in [7, 11) is 1.80. The van der Waals surface area contributed by atoms with Crippen molar-refractivity contribution in [1.29, 1.82) is 0 Å². The first-order valence-corrected chi connectivity index (χ1v) is 7.68. The molecular weight excluding hydrogens is 236 g/mol. The monoisotopic (exact) mass is 264 g/mol. The lowest BCUT2D eigenvalue weighted by Crippen LogP contribution is -2.21. The maximum atomic E-state index is 11.5. The molecule has 1 aromatic heterocycles. The Labute approximate surface area is 117 Å². The van der Waals surface area contributed by atoms with Gasteiger partial charge in [-0.2, -0.15) is 0 Å². The summed E-state index contributed by atoms with van der Waals surface area (Å²) in [6.45, 7) is 4.04. The average molecular weight is 264 g/mol. The number of nitrogens with zero attached hydrogens (tertiary/aromatic N) is 2. The molecule has 1 heterocycles. The van der Waals surface area contributed by atoms with E-state index in [1.807, 2.05) is 6.20 Å². The molecular formula is C16H28N2O. The van der Waals surface area contributed by atoms with E-state index in [-0.39, 0.29) is 5.56 Å². The number of hydrogen-bond donors (Lipinski definition) is 0. The lowest BCUT2D eigenvalue weighted by atomic mass is 10.1. The molecule has 0 saturated heterocycles. The molecule has 3 heteroatoms. The summed E-state index contributed by atoms with van der Waals surface area (Å²) in [6, 6.07) is 0. The van der Waals surface area contributed by atoms with Crippen molar-refractivity contribution in [3.63, 3.8) is 0 Å². The van der Waals surface area contributed by atoms with Crippen LogP contribution >= 0.6 is 0 Å². The van der Waals surface area contributed by atoms with Gasteiger partial charge in [0.2, 0.25) is 0 Å². The summed E-state index contributed by atoms with van der Waals surface area (Å²) in [4.78, 5) is 15.9. The largest absolute Gasteiger partial charge is 0.315 e. The third-order valence-corrected chi connectivity index (χ3v) is 3.57. The molecule has 1 aromatic rings. The predicted molar refractivity (Wildman–Crippen MR) is 80.5 cm³/mol. The van der Waals surface area contributed by atoms with E-state index in [4.69, 9.17) is 0 Å². The highest BCUT2D eigenvalue weighted by molar-refractivity contribution is 5.03. The molecule has 0 amide bonds. The topological polar surface area (TPSA) is 34.9 Å². The standard InChI is InChI=1S/C16H28N2O/c1-4-5-6-7-8-9-10-11-12-15-13-18(3)16(19)14(2)17-15/h13H,4-12H2,1-3H3. The fourth-order valence-corrected chi connectivity index (χ4v) is 2.39. The zero-order valence-electron chi connectivity index (χ0n) is 12.7. The normalized spacial score (nSPS) is 10.9. The third-order valence-electron chi connectivity index (χ3n) is 3.57. The van der Waals surface area contributed by atoms with Gasteiger partial charge < -0.3 is 4.57 Å². The lowest BCUT2D eigenvalue weighted by Gasteiger charge is -2.05. The van der Waals surface area contributed by atoms with Crippen LogP contribution in [0.5, 0.6) is 0 Å². The van der Waals surface area contributed by atoms with Gasteiger partial charge in [-0.15, -0.1) is 0 Å². The first-order valence-electron chi connectivity index (χ1n) is 7.68. The molecule has 0 unspecified atom stereocenters. The zero-order chi connectivity index (χ0) is 14.1. The Balaban J connectivity index is 2.18. The Kier molecular flexibility index (Phi) is 7.46. The number of rotatable bonds is 9. The molecule has 0 aromatic carbocycles. The van der Waals surface area contributed by atoms with Crippen molar-refractivity contribution in [1.82, 2.24) is 9.55 Å². The second kappa shape index (κ2) is 8.89. The highest BCUT2D eigenvalue weighted by atomic mass is 16.1. The molecule has 0 aliphatic carbocycles. The number of aromatic nitrogens is 2. The SMILES string of the molecule is CCCCCCCCCCc1cn(C)c(=O)c(C)n1. The maximum absolute atomic E-state index is 11.5. The molecule has 0 aliphatic rings. The Morgan fingerprint density at radius 1 is 1.05 bits per heavy atom. The van der Waals surface area contributed by atoms with Crippen LogP contribution in [0.1, 0.15) is 69.7 Å². The van der Waals surface area contributed by atoms with Crippen LogP contribution in [0.4, 0.5) is 0 Å². The summed E-state index contributed by atoms with van der Waals surface area (Å²) in [5.41, 5.74) is 1.67. The fourth-order valence-electron chi connectivity index (χ4n) is 2.39. The number of aryl methyl sites for hydroxylation is 3. The molecule has 0 radical (unpaired) electrons. The van der Waals surface area contributed by atoms with Crippen molar-refractivity contribution >= 4 is 0 Å². The van der Waals surface area contributed by atoms with Gasteiger partial charge in [0.25, 0.3) is 5.56 Å². The van der Waals surface area contributed by atoms with E-state index in [0.717, 1.165) is 12.1 Å². The second-order valence-corrected chi connectivity index (χ2v) is 5.46. The van der Waals surface area contributed by atoms with Crippen LogP contribution in [0.2, 0.25) is 0 Å². The summed E-state index contributed by atoms with van der Waals surface area (Å²) >= 11 is 0. The average Bonchev–Trinajstić information content (AvgIpc) is 2.39. The van der Waals surface area contributed by atoms with Crippen LogP contribution < -0.4 is 5.56 Å². The minimum atomic E-state index is 0.0136. The van der Waals surface area contributed by atoms with Gasteiger partial charge in [-0.1, -0.05) is 51.9 Å². The minimum absolute atomic E-state index is 0.0136. The van der Waals surface area contributed by atoms with Gasteiger partial charge in [-0.25, -0.2) is 0 Å². The van der Waals surface area contributed by atoms with Gasteiger partial charge in [0, 0.05) is 13.2 Å². The summed E-state index contributed by atoms with van der Waals surface area (Å²) < 4.78 is 1.64. The summed E-state index contributed by atoms with van der Waals surface area (Å²) in [6.07, 6.45) is 13.5. The quantitative estimate of drug-likeness (QED) is 0.636. The fraction of sp³-hybridized carbons (Fsp3) is 0.750. The van der Waals surface area contributed by atoms with Gasteiger partial charge in [-0.05, 0) is 19.8 Å². The van der Waals surface area contributed by atoms with Crippen LogP contribution in [0, 0.1) is 6.92 Å². The Bertz CT molecular complexity index is 397. The van der Waals surface area contributed by atoms with Crippen LogP contribution in [0.15, 0.2) is 11.0 Å². The molecule has 1 rings (SSSR count). The van der Waals surface area contributed by atoms with Gasteiger partial charge >= 0.3 is 0 Å². The van der Waals surface area contributed by atoms with Gasteiger partial charge in [-0.3, -0.25) is 9.78 Å². The first kappa shape index (κ1) is 15.9. The summed E-state index contributed by atoms with van der Waals surface area (Å²) in [5, 5.41) is 0. The molecule has 0 N–H and O–H groups in total. The third kappa shape index (κ3) is 6.04. The highest BCUT2D eigenvalue weighted by Crippen LogP contribution is 2.10. The van der Waals surface area contributed by atoms with Crippen molar-refractivity contribution in [3.8, 4) is 0 Å². The lowest BCUT2D eigenvalue weighted by molar-refractivity contribution is 0.572. The van der Waals surface area contributed by atoms with E-state index in [1.165, 1.54) is 51.4 Å². The second-order valence-electron chi connectivity index (χ2n) is 5.46. The van der Waals surface area contributed by atoms with E-state index in [0.29, 0.717) is 5.69 Å². The van der Waals surface area contributed by atoms with E-state index in [9.17, 15) is 4.79 Å². The predicted octanol–water partition coefficient (Wildman–Crippen LogP) is 3.77. The molecule has 3 nitrogen and oxygen atoms in total. The van der Waals surface area contributed by atoms with E-state index in [2.05, 4.69) is 11.9 Å². The van der Waals surface area contributed by atoms with E-state index >= 15 is 0 Å². The molecule has 0 saturated carbocycles. The van der Waals surface area contributed by atoms with Crippen LogP contribution in [0.25, 0.3) is 0 Å². The maximum Gasteiger partial charge on any atom is 0.271 e. The Morgan fingerprint density at radius 3 is 2.21 bits per heavy atom. The zero-order valence-corrected chi connectivity index (χ0v) is 12.7. The molecule has 0 atom stereocenters. The highest BCUT2D eigenvalue weighted by Gasteiger charge is 2.02. The first-order chi connectivity index (χ1) is 9.15. The molecule has 0 bridgehead atoms. The van der Waals surface area contributed by atoms with Crippen LogP contribution in [-0.4, -0.2) is 9.55 Å². The number of hydrogen-bond acceptors (Lipinski definition) is 2.